The number of anilines is 1. The predicted molar refractivity (Wildman–Crippen MR) is 89.0 cm³/mol. The highest BCUT2D eigenvalue weighted by Crippen LogP contribution is 2.36. The molecule has 1 aromatic carbocycles. The van der Waals surface area contributed by atoms with Gasteiger partial charge in [-0.2, -0.15) is 4.98 Å². The second kappa shape index (κ2) is 7.01. The molecule has 5 heteroatoms. The van der Waals surface area contributed by atoms with Crippen molar-refractivity contribution in [2.75, 3.05) is 11.9 Å². The SMILES string of the molecule is CCNc1nc(Oc2ccccc2C(C)C)c(Cl)cc1Cl. The van der Waals surface area contributed by atoms with Crippen LogP contribution in [0.5, 0.6) is 11.6 Å². The van der Waals surface area contributed by atoms with E-state index in [1.807, 2.05) is 31.2 Å². The van der Waals surface area contributed by atoms with Crippen LogP contribution in [-0.4, -0.2) is 11.5 Å². The number of nitrogens with one attached hydrogen (secondary N) is 1. The van der Waals surface area contributed by atoms with Crippen LogP contribution in [0.1, 0.15) is 32.3 Å². The third-order valence-electron chi connectivity index (χ3n) is 2.99. The molecule has 0 unspecified atom stereocenters. The second-order valence-electron chi connectivity index (χ2n) is 4.93. The van der Waals surface area contributed by atoms with Gasteiger partial charge in [-0.25, -0.2) is 0 Å². The predicted octanol–water partition coefficient (Wildman–Crippen LogP) is 5.74. The maximum absolute atomic E-state index is 6.18. The van der Waals surface area contributed by atoms with Crippen LogP contribution in [0.25, 0.3) is 0 Å². The number of aromatic nitrogens is 1. The van der Waals surface area contributed by atoms with Crippen molar-refractivity contribution in [3.63, 3.8) is 0 Å². The van der Waals surface area contributed by atoms with Crippen LogP contribution >= 0.6 is 23.2 Å². The van der Waals surface area contributed by atoms with E-state index in [-0.39, 0.29) is 0 Å². The fourth-order valence-electron chi connectivity index (χ4n) is 1.97. The zero-order valence-corrected chi connectivity index (χ0v) is 13.8. The van der Waals surface area contributed by atoms with Gasteiger partial charge in [0.05, 0.1) is 5.02 Å². The van der Waals surface area contributed by atoms with E-state index in [1.165, 1.54) is 0 Å². The summed E-state index contributed by atoms with van der Waals surface area (Å²) in [5.41, 5.74) is 1.11. The summed E-state index contributed by atoms with van der Waals surface area (Å²) in [6, 6.07) is 9.50. The number of benzene rings is 1. The summed E-state index contributed by atoms with van der Waals surface area (Å²) >= 11 is 12.3. The lowest BCUT2D eigenvalue weighted by Gasteiger charge is -2.15. The normalized spacial score (nSPS) is 10.8. The van der Waals surface area contributed by atoms with E-state index in [1.54, 1.807) is 6.07 Å². The Morgan fingerprint density at radius 1 is 1.19 bits per heavy atom. The van der Waals surface area contributed by atoms with Gasteiger partial charge in [0.1, 0.15) is 16.6 Å². The molecular weight excluding hydrogens is 307 g/mol. The van der Waals surface area contributed by atoms with Crippen molar-refractivity contribution in [1.29, 1.82) is 0 Å². The van der Waals surface area contributed by atoms with Crippen LogP contribution in [0.4, 0.5) is 5.82 Å². The molecule has 3 nitrogen and oxygen atoms in total. The second-order valence-corrected chi connectivity index (χ2v) is 5.75. The highest BCUT2D eigenvalue weighted by atomic mass is 35.5. The summed E-state index contributed by atoms with van der Waals surface area (Å²) < 4.78 is 5.90. The fraction of sp³-hybridized carbons (Fsp3) is 0.312. The molecule has 0 fully saturated rings. The van der Waals surface area contributed by atoms with E-state index in [9.17, 15) is 0 Å². The topological polar surface area (TPSA) is 34.2 Å². The summed E-state index contributed by atoms with van der Waals surface area (Å²) in [6.45, 7) is 6.92. The monoisotopic (exact) mass is 324 g/mol. The molecule has 2 aromatic rings. The molecule has 112 valence electrons. The Morgan fingerprint density at radius 2 is 1.90 bits per heavy atom. The van der Waals surface area contributed by atoms with E-state index in [4.69, 9.17) is 27.9 Å². The fourth-order valence-corrected chi connectivity index (χ4v) is 2.43. The lowest BCUT2D eigenvalue weighted by molar-refractivity contribution is 0.455. The molecule has 0 aliphatic rings. The van der Waals surface area contributed by atoms with E-state index >= 15 is 0 Å². The number of pyridine rings is 1. The van der Waals surface area contributed by atoms with Gasteiger partial charge in [0.2, 0.25) is 5.88 Å². The molecule has 0 aliphatic heterocycles. The third-order valence-corrected chi connectivity index (χ3v) is 3.55. The first-order chi connectivity index (χ1) is 10.0. The molecule has 0 radical (unpaired) electrons. The number of hydrogen-bond donors (Lipinski definition) is 1. The molecule has 1 heterocycles. The minimum Gasteiger partial charge on any atom is -0.437 e. The summed E-state index contributed by atoms with van der Waals surface area (Å²) in [5, 5.41) is 3.95. The van der Waals surface area contributed by atoms with E-state index in [0.717, 1.165) is 17.9 Å². The van der Waals surface area contributed by atoms with E-state index < -0.39 is 0 Å². The number of hydrogen-bond acceptors (Lipinski definition) is 3. The average Bonchev–Trinajstić information content (AvgIpc) is 2.44. The largest absolute Gasteiger partial charge is 0.437 e. The lowest BCUT2D eigenvalue weighted by atomic mass is 10.0. The summed E-state index contributed by atoms with van der Waals surface area (Å²) in [7, 11) is 0. The van der Waals surface area contributed by atoms with Gasteiger partial charge in [0.25, 0.3) is 0 Å². The van der Waals surface area contributed by atoms with Crippen LogP contribution in [0.2, 0.25) is 10.0 Å². The molecule has 1 aromatic heterocycles. The maximum Gasteiger partial charge on any atom is 0.240 e. The third kappa shape index (κ3) is 3.80. The lowest BCUT2D eigenvalue weighted by Crippen LogP contribution is -2.02. The minimum atomic E-state index is 0.348. The average molecular weight is 325 g/mol. The van der Waals surface area contributed by atoms with Gasteiger partial charge in [0, 0.05) is 6.54 Å². The Balaban J connectivity index is 2.38. The highest BCUT2D eigenvalue weighted by molar-refractivity contribution is 6.36. The minimum absolute atomic E-state index is 0.348. The summed E-state index contributed by atoms with van der Waals surface area (Å²) in [4.78, 5) is 4.36. The van der Waals surface area contributed by atoms with Gasteiger partial charge in [-0.3, -0.25) is 0 Å². The Bertz CT molecular complexity index is 630. The van der Waals surface area contributed by atoms with Crippen LogP contribution in [-0.2, 0) is 0 Å². The first kappa shape index (κ1) is 15.9. The van der Waals surface area contributed by atoms with Crippen LogP contribution in [0.15, 0.2) is 30.3 Å². The van der Waals surface area contributed by atoms with Crippen LogP contribution in [0.3, 0.4) is 0 Å². The van der Waals surface area contributed by atoms with Crippen molar-refractivity contribution in [3.8, 4) is 11.6 Å². The molecule has 1 N–H and O–H groups in total. The van der Waals surface area contributed by atoms with Gasteiger partial charge in [-0.05, 0) is 30.5 Å². The van der Waals surface area contributed by atoms with Gasteiger partial charge in [-0.15, -0.1) is 0 Å². The summed E-state index contributed by atoms with van der Waals surface area (Å²) in [5.74, 6) is 2.03. The Morgan fingerprint density at radius 3 is 2.57 bits per heavy atom. The highest BCUT2D eigenvalue weighted by Gasteiger charge is 2.14. The van der Waals surface area contributed by atoms with Gasteiger partial charge >= 0.3 is 0 Å². The summed E-state index contributed by atoms with van der Waals surface area (Å²) in [6.07, 6.45) is 0. The van der Waals surface area contributed by atoms with Gasteiger partial charge < -0.3 is 10.1 Å². The first-order valence-corrected chi connectivity index (χ1v) is 7.65. The van der Waals surface area contributed by atoms with E-state index in [2.05, 4.69) is 24.1 Å². The van der Waals surface area contributed by atoms with Crippen LogP contribution in [0, 0.1) is 0 Å². The zero-order chi connectivity index (χ0) is 15.4. The molecule has 0 saturated heterocycles. The first-order valence-electron chi connectivity index (χ1n) is 6.89. The van der Waals surface area contributed by atoms with Crippen LogP contribution < -0.4 is 10.1 Å². The number of ether oxygens (including phenoxy) is 1. The number of nitrogens with zero attached hydrogens (tertiary/aromatic N) is 1. The van der Waals surface area contributed by atoms with E-state index in [0.29, 0.717) is 27.7 Å². The molecular formula is C16H18Cl2N2O. The maximum atomic E-state index is 6.18. The van der Waals surface area contributed by atoms with Crippen molar-refractivity contribution < 1.29 is 4.74 Å². The number of halogens is 2. The standard InChI is InChI=1S/C16H18Cl2N2O/c1-4-19-15-12(17)9-13(18)16(20-15)21-14-8-6-5-7-11(14)10(2)3/h5-10H,4H2,1-3H3,(H,19,20). The van der Waals surface area contributed by atoms with Gasteiger partial charge in [-0.1, -0.05) is 55.2 Å². The van der Waals surface area contributed by atoms with Crippen molar-refractivity contribution in [2.24, 2.45) is 0 Å². The zero-order valence-electron chi connectivity index (χ0n) is 12.3. The molecule has 0 amide bonds. The Kier molecular flexibility index (Phi) is 5.32. The molecule has 0 saturated carbocycles. The Labute approximate surface area is 135 Å². The quantitative estimate of drug-likeness (QED) is 0.761. The molecule has 2 rings (SSSR count). The molecule has 0 aliphatic carbocycles. The molecule has 0 spiro atoms. The molecule has 0 atom stereocenters. The Hall–Kier alpha value is -1.45. The van der Waals surface area contributed by atoms with Crippen molar-refractivity contribution in [2.45, 2.75) is 26.7 Å². The van der Waals surface area contributed by atoms with Crippen molar-refractivity contribution in [1.82, 2.24) is 4.98 Å². The van der Waals surface area contributed by atoms with Crippen molar-refractivity contribution in [3.05, 3.63) is 45.9 Å². The molecule has 21 heavy (non-hydrogen) atoms. The molecule has 0 bridgehead atoms. The van der Waals surface area contributed by atoms with Crippen molar-refractivity contribution >= 4 is 29.0 Å². The van der Waals surface area contributed by atoms with Gasteiger partial charge in [0.15, 0.2) is 0 Å². The smallest absolute Gasteiger partial charge is 0.240 e. The number of para-hydroxylation sites is 1. The number of rotatable bonds is 5.